The molecule has 0 spiro atoms. The maximum Gasteiger partial charge on any atom is 0.183 e. The van der Waals surface area contributed by atoms with Gasteiger partial charge in [0.1, 0.15) is 5.82 Å². The molecule has 2 rings (SSSR count). The van der Waals surface area contributed by atoms with Crippen molar-refractivity contribution in [3.8, 4) is 0 Å². The van der Waals surface area contributed by atoms with Gasteiger partial charge in [0.2, 0.25) is 0 Å². The van der Waals surface area contributed by atoms with Crippen LogP contribution in [0.25, 0.3) is 0 Å². The molecule has 17 heavy (non-hydrogen) atoms. The highest BCUT2D eigenvalue weighted by molar-refractivity contribution is 9.10. The van der Waals surface area contributed by atoms with Crippen molar-refractivity contribution in [2.24, 2.45) is 5.92 Å². The summed E-state index contributed by atoms with van der Waals surface area (Å²) in [5.74, 6) is 0.0481. The van der Waals surface area contributed by atoms with Gasteiger partial charge in [-0.25, -0.2) is 4.39 Å². The summed E-state index contributed by atoms with van der Waals surface area (Å²) in [7, 11) is 0. The Morgan fingerprint density at radius 2 is 2.12 bits per heavy atom. The molecular formula is C13H14BrFO2. The van der Waals surface area contributed by atoms with E-state index in [1.807, 2.05) is 6.08 Å². The highest BCUT2D eigenvalue weighted by atomic mass is 79.9. The Balaban J connectivity index is 2.00. The van der Waals surface area contributed by atoms with Gasteiger partial charge in [0, 0.05) is 11.5 Å². The molecule has 1 heterocycles. The lowest BCUT2D eigenvalue weighted by molar-refractivity contribution is -0.204. The molecule has 1 fully saturated rings. The molecule has 92 valence electrons. The third kappa shape index (κ3) is 3.15. The summed E-state index contributed by atoms with van der Waals surface area (Å²) in [5.41, 5.74) is 0.711. The molecule has 1 aliphatic rings. The highest BCUT2D eigenvalue weighted by Crippen LogP contribution is 2.28. The van der Waals surface area contributed by atoms with Crippen molar-refractivity contribution in [2.45, 2.75) is 12.7 Å². The van der Waals surface area contributed by atoms with Gasteiger partial charge in [0.05, 0.1) is 17.7 Å². The molecule has 1 aliphatic heterocycles. The monoisotopic (exact) mass is 300 g/mol. The minimum atomic E-state index is -0.460. The van der Waals surface area contributed by atoms with Gasteiger partial charge in [-0.05, 0) is 34.5 Å². The zero-order chi connectivity index (χ0) is 12.3. The summed E-state index contributed by atoms with van der Waals surface area (Å²) in [6.45, 7) is 4.93. The third-order valence-electron chi connectivity index (χ3n) is 2.68. The number of benzene rings is 1. The molecule has 0 atom stereocenters. The van der Waals surface area contributed by atoms with Crippen LogP contribution in [0.3, 0.4) is 0 Å². The van der Waals surface area contributed by atoms with E-state index in [0.717, 1.165) is 6.42 Å². The van der Waals surface area contributed by atoms with Gasteiger partial charge in [0.25, 0.3) is 0 Å². The maximum absolute atomic E-state index is 13.4. The van der Waals surface area contributed by atoms with E-state index in [4.69, 9.17) is 9.47 Å². The average Bonchev–Trinajstić information content (AvgIpc) is 2.34. The lowest BCUT2D eigenvalue weighted by atomic mass is 10.1. The number of ether oxygens (including phenoxy) is 2. The summed E-state index contributed by atoms with van der Waals surface area (Å²) in [4.78, 5) is 0. The predicted molar refractivity (Wildman–Crippen MR) is 67.0 cm³/mol. The fourth-order valence-corrected chi connectivity index (χ4v) is 2.01. The predicted octanol–water partition coefficient (Wildman–Crippen LogP) is 3.83. The van der Waals surface area contributed by atoms with E-state index in [9.17, 15) is 4.39 Å². The fraction of sp³-hybridized carbons (Fsp3) is 0.385. The van der Waals surface area contributed by atoms with Crippen molar-refractivity contribution in [2.75, 3.05) is 13.2 Å². The minimum Gasteiger partial charge on any atom is -0.348 e. The van der Waals surface area contributed by atoms with Crippen LogP contribution >= 0.6 is 15.9 Å². The fourth-order valence-electron chi connectivity index (χ4n) is 1.77. The number of allylic oxidation sites excluding steroid dienone is 1. The second kappa shape index (κ2) is 5.76. The first-order valence-electron chi connectivity index (χ1n) is 5.49. The Morgan fingerprint density at radius 3 is 2.71 bits per heavy atom. The largest absolute Gasteiger partial charge is 0.348 e. The van der Waals surface area contributed by atoms with Crippen molar-refractivity contribution in [1.82, 2.24) is 0 Å². The molecule has 1 aromatic rings. The van der Waals surface area contributed by atoms with Crippen molar-refractivity contribution in [1.29, 1.82) is 0 Å². The summed E-state index contributed by atoms with van der Waals surface area (Å²) in [6, 6.07) is 4.89. The van der Waals surface area contributed by atoms with Crippen LogP contribution in [0.1, 0.15) is 18.3 Å². The third-order valence-corrected chi connectivity index (χ3v) is 3.33. The highest BCUT2D eigenvalue weighted by Gasteiger charge is 2.23. The van der Waals surface area contributed by atoms with Crippen LogP contribution in [-0.4, -0.2) is 13.2 Å². The summed E-state index contributed by atoms with van der Waals surface area (Å²) < 4.78 is 25.0. The Kier molecular flexibility index (Phi) is 4.31. The molecular weight excluding hydrogens is 287 g/mol. The van der Waals surface area contributed by atoms with E-state index >= 15 is 0 Å². The minimum absolute atomic E-state index is 0.303. The lowest BCUT2D eigenvalue weighted by Crippen LogP contribution is -2.26. The van der Waals surface area contributed by atoms with Crippen LogP contribution in [0.15, 0.2) is 35.3 Å². The molecule has 1 saturated heterocycles. The van der Waals surface area contributed by atoms with Crippen molar-refractivity contribution in [3.63, 3.8) is 0 Å². The zero-order valence-corrected chi connectivity index (χ0v) is 11.0. The first-order valence-corrected chi connectivity index (χ1v) is 6.29. The molecule has 2 nitrogen and oxygen atoms in total. The van der Waals surface area contributed by atoms with Crippen LogP contribution in [0.4, 0.5) is 4.39 Å². The molecule has 0 N–H and O–H groups in total. The zero-order valence-electron chi connectivity index (χ0n) is 9.36. The Bertz CT molecular complexity index is 400. The second-order valence-electron chi connectivity index (χ2n) is 4.06. The maximum atomic E-state index is 13.4. The number of hydrogen-bond donors (Lipinski definition) is 0. The van der Waals surface area contributed by atoms with E-state index in [0.29, 0.717) is 29.2 Å². The molecule has 0 aromatic heterocycles. The summed E-state index contributed by atoms with van der Waals surface area (Å²) in [6.07, 6.45) is 2.27. The van der Waals surface area contributed by atoms with Crippen LogP contribution in [-0.2, 0) is 9.47 Å². The van der Waals surface area contributed by atoms with E-state index in [1.54, 1.807) is 12.1 Å². The van der Waals surface area contributed by atoms with E-state index in [-0.39, 0.29) is 5.82 Å². The van der Waals surface area contributed by atoms with E-state index < -0.39 is 6.29 Å². The normalized spacial score (nSPS) is 24.6. The molecule has 0 saturated carbocycles. The molecule has 0 aliphatic carbocycles. The first-order chi connectivity index (χ1) is 8.20. The van der Waals surface area contributed by atoms with E-state index in [2.05, 4.69) is 22.5 Å². The SMILES string of the molecule is C=CCC1COC(c2ccc(Br)c(F)c2)OC1. The van der Waals surface area contributed by atoms with Crippen molar-refractivity contribution in [3.05, 3.63) is 46.7 Å². The van der Waals surface area contributed by atoms with Gasteiger partial charge in [-0.15, -0.1) is 6.58 Å². The molecule has 0 radical (unpaired) electrons. The van der Waals surface area contributed by atoms with Gasteiger partial charge in [0.15, 0.2) is 6.29 Å². The Hall–Kier alpha value is -0.710. The molecule has 0 bridgehead atoms. The average molecular weight is 301 g/mol. The molecule has 0 amide bonds. The summed E-state index contributed by atoms with van der Waals surface area (Å²) >= 11 is 3.12. The lowest BCUT2D eigenvalue weighted by Gasteiger charge is -2.29. The van der Waals surface area contributed by atoms with E-state index in [1.165, 1.54) is 6.07 Å². The Morgan fingerprint density at radius 1 is 1.41 bits per heavy atom. The first kappa shape index (κ1) is 12.7. The number of rotatable bonds is 3. The van der Waals surface area contributed by atoms with Gasteiger partial charge in [-0.3, -0.25) is 0 Å². The quantitative estimate of drug-likeness (QED) is 0.790. The Labute approximate surface area is 109 Å². The van der Waals surface area contributed by atoms with Crippen LogP contribution in [0.5, 0.6) is 0 Å². The topological polar surface area (TPSA) is 18.5 Å². The number of halogens is 2. The standard InChI is InChI=1S/C13H14BrFO2/c1-2-3-9-7-16-13(17-8-9)10-4-5-11(14)12(15)6-10/h2,4-6,9,13H,1,3,7-8H2. The van der Waals surface area contributed by atoms with Crippen molar-refractivity contribution >= 4 is 15.9 Å². The van der Waals surface area contributed by atoms with Gasteiger partial charge < -0.3 is 9.47 Å². The van der Waals surface area contributed by atoms with Gasteiger partial charge >= 0.3 is 0 Å². The molecule has 0 unspecified atom stereocenters. The van der Waals surface area contributed by atoms with Crippen molar-refractivity contribution < 1.29 is 13.9 Å². The van der Waals surface area contributed by atoms with Gasteiger partial charge in [-0.2, -0.15) is 0 Å². The van der Waals surface area contributed by atoms with Crippen LogP contribution < -0.4 is 0 Å². The second-order valence-corrected chi connectivity index (χ2v) is 4.92. The molecule has 4 heteroatoms. The van der Waals surface area contributed by atoms with Crippen LogP contribution in [0, 0.1) is 11.7 Å². The summed E-state index contributed by atoms with van der Waals surface area (Å²) in [5, 5.41) is 0. The smallest absolute Gasteiger partial charge is 0.183 e. The van der Waals surface area contributed by atoms with Crippen LogP contribution in [0.2, 0.25) is 0 Å². The van der Waals surface area contributed by atoms with Gasteiger partial charge in [-0.1, -0.05) is 12.1 Å². The number of hydrogen-bond acceptors (Lipinski definition) is 2. The molecule has 1 aromatic carbocycles.